The zero-order valence-electron chi connectivity index (χ0n) is 24.2. The quantitative estimate of drug-likeness (QED) is 0.503. The molecule has 1 atom stereocenters. The van der Waals surface area contributed by atoms with Crippen molar-refractivity contribution < 1.29 is 28.5 Å². The number of ether oxygens (including phenoxy) is 5. The smallest absolute Gasteiger partial charge is 0.226 e. The van der Waals surface area contributed by atoms with Crippen molar-refractivity contribution in [2.24, 2.45) is 0 Å². The van der Waals surface area contributed by atoms with E-state index in [4.69, 9.17) is 23.7 Å². The first-order chi connectivity index (χ1) is 18.2. The number of amides is 1. The number of hydrogen-bond acceptors (Lipinski definition) is 7. The van der Waals surface area contributed by atoms with E-state index in [1.54, 1.807) is 28.4 Å². The first-order valence-corrected chi connectivity index (χ1v) is 13.3. The van der Waals surface area contributed by atoms with Crippen LogP contribution in [0.1, 0.15) is 47.6 Å². The number of fused-ring (bicyclic) bond motifs is 1. The highest BCUT2D eigenvalue weighted by Crippen LogP contribution is 2.45. The molecule has 2 aliphatic rings. The van der Waals surface area contributed by atoms with Crippen LogP contribution in [-0.2, 0) is 17.8 Å². The number of nitrogens with zero attached hydrogens (tertiary/aromatic N) is 2. The molecule has 8 nitrogen and oxygen atoms in total. The Bertz CT molecular complexity index is 1190. The van der Waals surface area contributed by atoms with Crippen molar-refractivity contribution in [1.29, 1.82) is 0 Å². The van der Waals surface area contributed by atoms with Gasteiger partial charge in [0.05, 0.1) is 34.9 Å². The lowest BCUT2D eigenvalue weighted by Crippen LogP contribution is -2.51. The molecule has 4 rings (SSSR count). The van der Waals surface area contributed by atoms with Crippen molar-refractivity contribution in [3.63, 3.8) is 0 Å². The van der Waals surface area contributed by atoms with E-state index in [-0.39, 0.29) is 5.91 Å². The van der Waals surface area contributed by atoms with Crippen LogP contribution >= 0.6 is 0 Å². The van der Waals surface area contributed by atoms with Gasteiger partial charge in [-0.1, -0.05) is 6.07 Å². The van der Waals surface area contributed by atoms with E-state index in [9.17, 15) is 4.79 Å². The number of benzene rings is 2. The van der Waals surface area contributed by atoms with E-state index >= 15 is 0 Å². The largest absolute Gasteiger partial charge is 0.496 e. The molecule has 0 N–H and O–H groups in total. The molecule has 38 heavy (non-hydrogen) atoms. The minimum atomic E-state index is -0.521. The Morgan fingerprint density at radius 3 is 2.13 bits per heavy atom. The topological polar surface area (TPSA) is 69.7 Å². The van der Waals surface area contributed by atoms with E-state index < -0.39 is 5.60 Å². The van der Waals surface area contributed by atoms with E-state index in [0.29, 0.717) is 43.3 Å². The molecule has 208 valence electrons. The van der Waals surface area contributed by atoms with Gasteiger partial charge in [0.15, 0.2) is 11.5 Å². The van der Waals surface area contributed by atoms with E-state index in [1.165, 1.54) is 5.56 Å². The van der Waals surface area contributed by atoms with Crippen molar-refractivity contribution in [3.8, 4) is 28.7 Å². The first-order valence-electron chi connectivity index (χ1n) is 13.3. The van der Waals surface area contributed by atoms with Crippen LogP contribution in [-0.4, -0.2) is 75.9 Å². The standard InChI is InChI=1S/C30H42N2O6/c1-19-20(2)27-23(21(3)26(19)35-6)11-12-30(4,38-27)17-25(33)32-15-13-31(14-16-32)18-22-9-10-24(34-5)29(37-8)28(22)36-7/h9-10H,11-18H2,1-8H3. The average molecular weight is 527 g/mol. The van der Waals surface area contributed by atoms with E-state index in [2.05, 4.69) is 32.6 Å². The summed E-state index contributed by atoms with van der Waals surface area (Å²) in [5, 5.41) is 0. The fourth-order valence-electron chi connectivity index (χ4n) is 5.83. The van der Waals surface area contributed by atoms with Gasteiger partial charge in [-0.25, -0.2) is 0 Å². The molecule has 0 bridgehead atoms. The number of methoxy groups -OCH3 is 4. The molecule has 1 unspecified atom stereocenters. The highest BCUT2D eigenvalue weighted by Gasteiger charge is 2.38. The van der Waals surface area contributed by atoms with Crippen LogP contribution in [0.3, 0.4) is 0 Å². The predicted octanol–water partition coefficient (Wildman–Crippen LogP) is 4.46. The minimum Gasteiger partial charge on any atom is -0.496 e. The normalized spacial score (nSPS) is 19.4. The molecular formula is C30H42N2O6. The Hall–Kier alpha value is -3.13. The van der Waals surface area contributed by atoms with Gasteiger partial charge in [-0.3, -0.25) is 9.69 Å². The Morgan fingerprint density at radius 2 is 1.53 bits per heavy atom. The number of rotatable bonds is 8. The van der Waals surface area contributed by atoms with Gasteiger partial charge in [0.25, 0.3) is 0 Å². The molecule has 8 heteroatoms. The predicted molar refractivity (Wildman–Crippen MR) is 147 cm³/mol. The summed E-state index contributed by atoms with van der Waals surface area (Å²) in [6.07, 6.45) is 2.06. The van der Waals surface area contributed by atoms with Gasteiger partial charge < -0.3 is 28.6 Å². The van der Waals surface area contributed by atoms with Gasteiger partial charge in [0.2, 0.25) is 11.7 Å². The molecular weight excluding hydrogens is 484 g/mol. The van der Waals surface area contributed by atoms with Gasteiger partial charge in [0, 0.05) is 43.9 Å². The molecule has 0 saturated carbocycles. The summed E-state index contributed by atoms with van der Waals surface area (Å²) in [5.41, 5.74) is 5.05. The van der Waals surface area contributed by atoms with Crippen molar-refractivity contribution in [2.45, 2.75) is 59.1 Å². The third kappa shape index (κ3) is 5.23. The second kappa shape index (κ2) is 11.3. The Balaban J connectivity index is 1.38. The van der Waals surface area contributed by atoms with Gasteiger partial charge in [0.1, 0.15) is 17.1 Å². The van der Waals surface area contributed by atoms with Crippen molar-refractivity contribution >= 4 is 5.91 Å². The van der Waals surface area contributed by atoms with Crippen LogP contribution in [0.15, 0.2) is 12.1 Å². The summed E-state index contributed by atoms with van der Waals surface area (Å²) < 4.78 is 28.8. The summed E-state index contributed by atoms with van der Waals surface area (Å²) in [4.78, 5) is 17.7. The number of carbonyl (C=O) groups is 1. The SMILES string of the molecule is COc1ccc(CN2CCN(C(=O)CC3(C)CCc4c(C)c(OC)c(C)c(C)c4O3)CC2)c(OC)c1OC. The molecule has 2 aliphatic heterocycles. The highest BCUT2D eigenvalue weighted by molar-refractivity contribution is 5.77. The van der Waals surface area contributed by atoms with Crippen LogP contribution in [0, 0.1) is 20.8 Å². The van der Waals surface area contributed by atoms with E-state index in [0.717, 1.165) is 59.7 Å². The summed E-state index contributed by atoms with van der Waals surface area (Å²) in [5.74, 6) is 3.95. The number of carbonyl (C=O) groups excluding carboxylic acids is 1. The molecule has 0 radical (unpaired) electrons. The summed E-state index contributed by atoms with van der Waals surface area (Å²) >= 11 is 0. The van der Waals surface area contributed by atoms with Gasteiger partial charge in [-0.2, -0.15) is 0 Å². The van der Waals surface area contributed by atoms with E-state index in [1.807, 2.05) is 17.0 Å². The van der Waals surface area contributed by atoms with Crippen LogP contribution in [0.4, 0.5) is 0 Å². The van der Waals surface area contributed by atoms with Crippen molar-refractivity contribution in [3.05, 3.63) is 39.9 Å². The fourth-order valence-corrected chi connectivity index (χ4v) is 5.83. The molecule has 2 aromatic carbocycles. The molecule has 2 aromatic rings. The van der Waals surface area contributed by atoms with Crippen LogP contribution in [0.5, 0.6) is 28.7 Å². The summed E-state index contributed by atoms with van der Waals surface area (Å²) in [6, 6.07) is 3.91. The third-order valence-corrected chi connectivity index (χ3v) is 8.20. The fraction of sp³-hybridized carbons (Fsp3) is 0.567. The molecule has 0 aromatic heterocycles. The molecule has 1 saturated heterocycles. The Labute approximate surface area is 226 Å². The van der Waals surface area contributed by atoms with Crippen molar-refractivity contribution in [1.82, 2.24) is 9.80 Å². The van der Waals surface area contributed by atoms with Crippen LogP contribution in [0.2, 0.25) is 0 Å². The maximum Gasteiger partial charge on any atom is 0.226 e. The number of hydrogen-bond donors (Lipinski definition) is 0. The molecule has 0 spiro atoms. The average Bonchev–Trinajstić information content (AvgIpc) is 2.91. The lowest BCUT2D eigenvalue weighted by molar-refractivity contribution is -0.137. The summed E-state index contributed by atoms with van der Waals surface area (Å²) in [7, 11) is 6.59. The van der Waals surface area contributed by atoms with Gasteiger partial charge in [-0.05, 0) is 63.3 Å². The Kier molecular flexibility index (Phi) is 8.31. The van der Waals surface area contributed by atoms with Crippen LogP contribution in [0.25, 0.3) is 0 Å². The molecule has 1 amide bonds. The van der Waals surface area contributed by atoms with Gasteiger partial charge in [-0.15, -0.1) is 0 Å². The third-order valence-electron chi connectivity index (χ3n) is 8.20. The highest BCUT2D eigenvalue weighted by atomic mass is 16.5. The van der Waals surface area contributed by atoms with Crippen LogP contribution < -0.4 is 23.7 Å². The zero-order chi connectivity index (χ0) is 27.6. The molecule has 2 heterocycles. The zero-order valence-corrected chi connectivity index (χ0v) is 24.2. The lowest BCUT2D eigenvalue weighted by atomic mass is 9.85. The van der Waals surface area contributed by atoms with Crippen molar-refractivity contribution in [2.75, 3.05) is 54.6 Å². The lowest BCUT2D eigenvalue weighted by Gasteiger charge is -2.40. The number of piperazine rings is 1. The van der Waals surface area contributed by atoms with Gasteiger partial charge >= 0.3 is 0 Å². The molecule has 0 aliphatic carbocycles. The maximum atomic E-state index is 13.4. The monoisotopic (exact) mass is 526 g/mol. The molecule has 1 fully saturated rings. The second-order valence-electron chi connectivity index (χ2n) is 10.6. The Morgan fingerprint density at radius 1 is 0.868 bits per heavy atom. The maximum absolute atomic E-state index is 13.4. The first kappa shape index (κ1) is 27.9. The minimum absolute atomic E-state index is 0.152. The second-order valence-corrected chi connectivity index (χ2v) is 10.6. The summed E-state index contributed by atoms with van der Waals surface area (Å²) in [6.45, 7) is 12.0.